The number of benzene rings is 2. The highest BCUT2D eigenvalue weighted by atomic mass is 32.2. The van der Waals surface area contributed by atoms with Gasteiger partial charge in [0.1, 0.15) is 5.75 Å². The topological polar surface area (TPSA) is 84.5 Å². The lowest BCUT2D eigenvalue weighted by Crippen LogP contribution is -2.27. The van der Waals surface area contributed by atoms with Crippen molar-refractivity contribution in [2.24, 2.45) is 0 Å². The minimum atomic E-state index is -3.69. The number of ether oxygens (including phenoxy) is 1. The molecular weight excluding hydrogens is 360 g/mol. The molecule has 0 spiro atoms. The van der Waals surface area contributed by atoms with E-state index in [1.165, 1.54) is 17.8 Å². The highest BCUT2D eigenvalue weighted by molar-refractivity contribution is 8.01. The van der Waals surface area contributed by atoms with Crippen LogP contribution in [-0.4, -0.2) is 26.7 Å². The van der Waals surface area contributed by atoms with Crippen LogP contribution in [0.1, 0.15) is 12.5 Å². The summed E-state index contributed by atoms with van der Waals surface area (Å²) in [5.41, 5.74) is 1.32. The molecule has 6 nitrogen and oxygen atoms in total. The fraction of sp³-hybridized carbons (Fsp3) is 0.235. The number of hydrogen-bond acceptors (Lipinski definition) is 5. The SMILES string of the molecule is COc1cccc(CNS(=O)(=O)c2ccc3c(c2)NC(=O)[C@@H](C)S3)c1. The number of rotatable bonds is 5. The zero-order valence-corrected chi connectivity index (χ0v) is 15.4. The minimum Gasteiger partial charge on any atom is -0.497 e. The lowest BCUT2D eigenvalue weighted by molar-refractivity contribution is -0.115. The molecule has 1 atom stereocenters. The Kier molecular flexibility index (Phi) is 5.03. The molecule has 2 N–H and O–H groups in total. The number of carbonyl (C=O) groups excluding carboxylic acids is 1. The van der Waals surface area contributed by atoms with Crippen molar-refractivity contribution in [2.75, 3.05) is 12.4 Å². The van der Waals surface area contributed by atoms with Gasteiger partial charge in [-0.1, -0.05) is 12.1 Å². The maximum atomic E-state index is 12.5. The van der Waals surface area contributed by atoms with E-state index >= 15 is 0 Å². The lowest BCUT2D eigenvalue weighted by Gasteiger charge is -2.21. The second-order valence-corrected chi connectivity index (χ2v) is 8.73. The fourth-order valence-corrected chi connectivity index (χ4v) is 4.37. The molecule has 8 heteroatoms. The molecule has 0 saturated carbocycles. The average molecular weight is 378 g/mol. The summed E-state index contributed by atoms with van der Waals surface area (Å²) in [5.74, 6) is 0.538. The number of anilines is 1. The Balaban J connectivity index is 1.78. The number of sulfonamides is 1. The molecule has 0 aliphatic carbocycles. The zero-order chi connectivity index (χ0) is 18.0. The molecule has 2 aromatic carbocycles. The molecule has 2 aromatic rings. The maximum absolute atomic E-state index is 12.5. The number of fused-ring (bicyclic) bond motifs is 1. The summed E-state index contributed by atoms with van der Waals surface area (Å²) in [6, 6.07) is 11.9. The molecule has 0 unspecified atom stereocenters. The number of hydrogen-bond donors (Lipinski definition) is 2. The first-order valence-corrected chi connectivity index (χ1v) is 9.99. The van der Waals surface area contributed by atoms with Crippen molar-refractivity contribution in [1.29, 1.82) is 0 Å². The average Bonchev–Trinajstić information content (AvgIpc) is 2.61. The van der Waals surface area contributed by atoms with Gasteiger partial charge in [-0.2, -0.15) is 0 Å². The van der Waals surface area contributed by atoms with E-state index in [9.17, 15) is 13.2 Å². The van der Waals surface area contributed by atoms with E-state index < -0.39 is 10.0 Å². The van der Waals surface area contributed by atoms with Crippen molar-refractivity contribution in [1.82, 2.24) is 4.72 Å². The third kappa shape index (κ3) is 3.97. The van der Waals surface area contributed by atoms with Crippen LogP contribution in [0.4, 0.5) is 5.69 Å². The summed E-state index contributed by atoms with van der Waals surface area (Å²) in [6.07, 6.45) is 0. The van der Waals surface area contributed by atoms with E-state index in [0.29, 0.717) is 11.4 Å². The normalized spacial score (nSPS) is 16.9. The number of carbonyl (C=O) groups is 1. The van der Waals surface area contributed by atoms with Crippen LogP contribution >= 0.6 is 11.8 Å². The van der Waals surface area contributed by atoms with Gasteiger partial charge in [-0.15, -0.1) is 11.8 Å². The molecule has 1 aliphatic heterocycles. The van der Waals surface area contributed by atoms with Gasteiger partial charge in [-0.25, -0.2) is 13.1 Å². The summed E-state index contributed by atoms with van der Waals surface area (Å²) in [6.45, 7) is 1.96. The highest BCUT2D eigenvalue weighted by Gasteiger charge is 2.25. The van der Waals surface area contributed by atoms with E-state index in [-0.39, 0.29) is 22.6 Å². The number of nitrogens with one attached hydrogen (secondary N) is 2. The quantitative estimate of drug-likeness (QED) is 0.835. The summed E-state index contributed by atoms with van der Waals surface area (Å²) in [4.78, 5) is 12.8. The van der Waals surface area contributed by atoms with Gasteiger partial charge >= 0.3 is 0 Å². The number of amides is 1. The van der Waals surface area contributed by atoms with Gasteiger partial charge in [0.15, 0.2) is 0 Å². The van der Waals surface area contributed by atoms with Gasteiger partial charge in [0.05, 0.1) is 22.9 Å². The van der Waals surface area contributed by atoms with Crippen LogP contribution in [0.5, 0.6) is 5.75 Å². The molecule has 0 saturated heterocycles. The number of thioether (sulfide) groups is 1. The predicted molar refractivity (Wildman–Crippen MR) is 97.4 cm³/mol. The van der Waals surface area contributed by atoms with Gasteiger partial charge in [0.2, 0.25) is 15.9 Å². The third-order valence-corrected chi connectivity index (χ3v) is 6.37. The zero-order valence-electron chi connectivity index (χ0n) is 13.8. The van der Waals surface area contributed by atoms with Gasteiger partial charge in [-0.3, -0.25) is 4.79 Å². The van der Waals surface area contributed by atoms with E-state index in [1.54, 1.807) is 37.4 Å². The number of methoxy groups -OCH3 is 1. The van der Waals surface area contributed by atoms with Gasteiger partial charge < -0.3 is 10.1 Å². The Bertz CT molecular complexity index is 913. The van der Waals surface area contributed by atoms with Crippen LogP contribution in [0.2, 0.25) is 0 Å². The molecule has 0 aromatic heterocycles. The maximum Gasteiger partial charge on any atom is 0.240 e. The molecule has 0 radical (unpaired) electrons. The van der Waals surface area contributed by atoms with Gasteiger partial charge in [0, 0.05) is 11.4 Å². The second kappa shape index (κ2) is 7.07. The molecule has 0 fully saturated rings. The summed E-state index contributed by atoms with van der Waals surface area (Å²) in [7, 11) is -2.13. The van der Waals surface area contributed by atoms with Crippen molar-refractivity contribution in [3.63, 3.8) is 0 Å². The minimum absolute atomic E-state index is 0.115. The first-order chi connectivity index (χ1) is 11.9. The van der Waals surface area contributed by atoms with Crippen LogP contribution in [-0.2, 0) is 21.4 Å². The van der Waals surface area contributed by atoms with Crippen molar-refractivity contribution < 1.29 is 17.9 Å². The van der Waals surface area contributed by atoms with Crippen LogP contribution < -0.4 is 14.8 Å². The van der Waals surface area contributed by atoms with Crippen LogP contribution in [0.25, 0.3) is 0 Å². The van der Waals surface area contributed by atoms with Crippen LogP contribution in [0.3, 0.4) is 0 Å². The molecule has 132 valence electrons. The Hall–Kier alpha value is -2.03. The molecular formula is C17H18N2O4S2. The van der Waals surface area contributed by atoms with Crippen LogP contribution in [0.15, 0.2) is 52.3 Å². The Morgan fingerprint density at radius 3 is 2.80 bits per heavy atom. The summed E-state index contributed by atoms with van der Waals surface area (Å²) >= 11 is 1.41. The van der Waals surface area contributed by atoms with Crippen molar-refractivity contribution in [3.05, 3.63) is 48.0 Å². The van der Waals surface area contributed by atoms with E-state index in [1.807, 2.05) is 13.0 Å². The Morgan fingerprint density at radius 1 is 1.24 bits per heavy atom. The van der Waals surface area contributed by atoms with Crippen molar-refractivity contribution in [2.45, 2.75) is 28.5 Å². The van der Waals surface area contributed by atoms with Crippen LogP contribution in [0, 0.1) is 0 Å². The Labute approximate surface area is 151 Å². The summed E-state index contributed by atoms with van der Waals surface area (Å²) < 4.78 is 32.8. The van der Waals surface area contributed by atoms with E-state index in [4.69, 9.17) is 4.74 Å². The van der Waals surface area contributed by atoms with Gasteiger partial charge in [-0.05, 0) is 42.8 Å². The monoisotopic (exact) mass is 378 g/mol. The highest BCUT2D eigenvalue weighted by Crippen LogP contribution is 2.36. The molecule has 1 heterocycles. The standard InChI is InChI=1S/C17H18N2O4S2/c1-11-17(20)19-15-9-14(6-7-16(15)24-11)25(21,22)18-10-12-4-3-5-13(8-12)23-2/h3-9,11,18H,10H2,1-2H3,(H,19,20)/t11-/m1/s1. The summed E-state index contributed by atoms with van der Waals surface area (Å²) in [5, 5.41) is 2.55. The first kappa shape index (κ1) is 17.8. The van der Waals surface area contributed by atoms with Gasteiger partial charge in [0.25, 0.3) is 0 Å². The fourth-order valence-electron chi connectivity index (χ4n) is 2.40. The van der Waals surface area contributed by atoms with Crippen molar-refractivity contribution in [3.8, 4) is 5.75 Å². The predicted octanol–water partition coefficient (Wildman–Crippen LogP) is 2.61. The Morgan fingerprint density at radius 2 is 2.04 bits per heavy atom. The largest absolute Gasteiger partial charge is 0.497 e. The molecule has 0 bridgehead atoms. The molecule has 25 heavy (non-hydrogen) atoms. The van der Waals surface area contributed by atoms with E-state index in [2.05, 4.69) is 10.0 Å². The lowest BCUT2D eigenvalue weighted by atomic mass is 10.2. The molecule has 1 aliphatic rings. The second-order valence-electron chi connectivity index (χ2n) is 5.58. The van der Waals surface area contributed by atoms with E-state index in [0.717, 1.165) is 10.5 Å². The third-order valence-electron chi connectivity index (χ3n) is 3.79. The molecule has 1 amide bonds. The smallest absolute Gasteiger partial charge is 0.240 e. The van der Waals surface area contributed by atoms with Crippen molar-refractivity contribution >= 4 is 33.4 Å². The first-order valence-electron chi connectivity index (χ1n) is 7.63. The molecule has 3 rings (SSSR count).